The number of nitrogens with zero attached hydrogens (tertiary/aromatic N) is 1. The van der Waals surface area contributed by atoms with Crippen molar-refractivity contribution in [1.82, 2.24) is 0 Å². The van der Waals surface area contributed by atoms with E-state index in [1.165, 1.54) is 77.2 Å². The minimum atomic E-state index is -0.500. The maximum absolute atomic E-state index is 2.48. The lowest BCUT2D eigenvalue weighted by atomic mass is 9.68. The lowest BCUT2D eigenvalue weighted by Crippen LogP contribution is -2.28. The van der Waals surface area contributed by atoms with Crippen LogP contribution in [0.3, 0.4) is 0 Å². The van der Waals surface area contributed by atoms with Crippen molar-refractivity contribution in [3.63, 3.8) is 0 Å². The predicted molar refractivity (Wildman–Crippen MR) is 244 cm³/mol. The standard InChI is InChI=1S/C57H39N/c1-6-21-40(22-7-1)54-48-32-17-16-31-46(48)47-38-37-45(39-50(47)55(54)41-23-8-2-9-24-41)58(44-29-14-5-15-30-44)53-36-20-35-52-56(53)49-33-18-19-34-51(49)57(52,42-25-10-3-11-26-42)43-27-12-4-13-28-43/h1-39H. The van der Waals surface area contributed by atoms with Gasteiger partial charge in [-0.15, -0.1) is 0 Å². The third-order valence-corrected chi connectivity index (χ3v) is 12.1. The van der Waals surface area contributed by atoms with Gasteiger partial charge in [-0.1, -0.05) is 206 Å². The Morgan fingerprint density at radius 1 is 0.293 bits per heavy atom. The van der Waals surface area contributed by atoms with Crippen molar-refractivity contribution < 1.29 is 0 Å². The molecule has 0 heterocycles. The van der Waals surface area contributed by atoms with E-state index in [1.807, 2.05) is 0 Å². The van der Waals surface area contributed by atoms with Crippen molar-refractivity contribution in [3.8, 4) is 33.4 Å². The Balaban J connectivity index is 1.24. The molecule has 0 fully saturated rings. The molecule has 0 radical (unpaired) electrons. The largest absolute Gasteiger partial charge is 0.310 e. The van der Waals surface area contributed by atoms with Gasteiger partial charge in [0.1, 0.15) is 0 Å². The number of anilines is 3. The predicted octanol–water partition coefficient (Wildman–Crippen LogP) is 15.2. The Morgan fingerprint density at radius 2 is 0.776 bits per heavy atom. The highest BCUT2D eigenvalue weighted by Gasteiger charge is 2.47. The van der Waals surface area contributed by atoms with Crippen molar-refractivity contribution in [3.05, 3.63) is 259 Å². The number of rotatable bonds is 7. The summed E-state index contributed by atoms with van der Waals surface area (Å²) in [6.45, 7) is 0. The SMILES string of the molecule is c1ccc(-c2c(-c3ccccc3)c3cc(N(c4ccccc4)c4cccc5c4-c4ccccc4C5(c4ccccc4)c4ccccc4)ccc3c3ccccc23)cc1. The van der Waals surface area contributed by atoms with E-state index in [9.17, 15) is 0 Å². The van der Waals surface area contributed by atoms with Crippen molar-refractivity contribution in [2.75, 3.05) is 4.90 Å². The first-order valence-electron chi connectivity index (χ1n) is 20.1. The van der Waals surface area contributed by atoms with E-state index in [2.05, 4.69) is 241 Å². The summed E-state index contributed by atoms with van der Waals surface area (Å²) in [5.41, 5.74) is 15.4. The molecule has 0 aliphatic heterocycles. The molecule has 0 saturated heterocycles. The van der Waals surface area contributed by atoms with Gasteiger partial charge in [0.25, 0.3) is 0 Å². The summed E-state index contributed by atoms with van der Waals surface area (Å²) in [6, 6.07) is 86.8. The topological polar surface area (TPSA) is 3.24 Å². The zero-order valence-electron chi connectivity index (χ0n) is 32.0. The summed E-state index contributed by atoms with van der Waals surface area (Å²) in [6.07, 6.45) is 0. The molecule has 0 atom stereocenters. The Labute approximate surface area is 339 Å². The van der Waals surface area contributed by atoms with E-state index >= 15 is 0 Å². The molecule has 272 valence electrons. The number of hydrogen-bond donors (Lipinski definition) is 0. The van der Waals surface area contributed by atoms with Crippen LogP contribution in [-0.2, 0) is 5.41 Å². The van der Waals surface area contributed by atoms with E-state index in [0.29, 0.717) is 0 Å². The van der Waals surface area contributed by atoms with E-state index in [1.54, 1.807) is 0 Å². The van der Waals surface area contributed by atoms with E-state index in [-0.39, 0.29) is 0 Å². The van der Waals surface area contributed by atoms with Gasteiger partial charge in [-0.2, -0.15) is 0 Å². The molecule has 1 heteroatoms. The lowest BCUT2D eigenvalue weighted by Gasteiger charge is -2.34. The average Bonchev–Trinajstić information content (AvgIpc) is 3.62. The summed E-state index contributed by atoms with van der Waals surface area (Å²) in [5, 5.41) is 4.96. The smallest absolute Gasteiger partial charge is 0.0714 e. The molecule has 1 aliphatic rings. The molecule has 0 unspecified atom stereocenters. The van der Waals surface area contributed by atoms with Gasteiger partial charge in [0.05, 0.1) is 11.1 Å². The van der Waals surface area contributed by atoms with Crippen molar-refractivity contribution >= 4 is 38.6 Å². The van der Waals surface area contributed by atoms with Crippen LogP contribution in [-0.4, -0.2) is 0 Å². The van der Waals surface area contributed by atoms with Gasteiger partial charge in [-0.25, -0.2) is 0 Å². The molecule has 0 aromatic heterocycles. The summed E-state index contributed by atoms with van der Waals surface area (Å²) in [4.78, 5) is 2.48. The monoisotopic (exact) mass is 737 g/mol. The molecular weight excluding hydrogens is 699 g/mol. The van der Waals surface area contributed by atoms with Crippen molar-refractivity contribution in [2.45, 2.75) is 5.41 Å². The average molecular weight is 738 g/mol. The second kappa shape index (κ2) is 13.9. The van der Waals surface area contributed by atoms with Crippen LogP contribution in [0.15, 0.2) is 237 Å². The molecular formula is C57H39N. The Morgan fingerprint density at radius 3 is 1.41 bits per heavy atom. The fourth-order valence-electron chi connectivity index (χ4n) is 9.79. The van der Waals surface area contributed by atoms with Gasteiger partial charge >= 0.3 is 0 Å². The van der Waals surface area contributed by atoms with Gasteiger partial charge in [0.15, 0.2) is 0 Å². The normalized spacial score (nSPS) is 12.6. The summed E-state index contributed by atoms with van der Waals surface area (Å²) in [7, 11) is 0. The van der Waals surface area contributed by atoms with Gasteiger partial charge in [0.2, 0.25) is 0 Å². The summed E-state index contributed by atoms with van der Waals surface area (Å²) in [5.74, 6) is 0. The molecule has 10 aromatic carbocycles. The first kappa shape index (κ1) is 33.8. The number of benzene rings is 10. The quantitative estimate of drug-likeness (QED) is 0.147. The van der Waals surface area contributed by atoms with Gasteiger partial charge in [-0.05, 0) is 102 Å². The molecule has 0 bridgehead atoms. The van der Waals surface area contributed by atoms with Crippen LogP contribution < -0.4 is 4.90 Å². The highest BCUT2D eigenvalue weighted by molar-refractivity contribution is 6.22. The second-order valence-electron chi connectivity index (χ2n) is 15.2. The molecule has 0 spiro atoms. The van der Waals surface area contributed by atoms with Crippen LogP contribution in [0, 0.1) is 0 Å². The maximum atomic E-state index is 2.48. The number of hydrogen-bond acceptors (Lipinski definition) is 1. The Kier molecular flexibility index (Phi) is 8.12. The van der Waals surface area contributed by atoms with Gasteiger partial charge in [0, 0.05) is 16.9 Å². The molecule has 10 aromatic rings. The number of fused-ring (bicyclic) bond motifs is 6. The number of para-hydroxylation sites is 1. The zero-order chi connectivity index (χ0) is 38.5. The fourth-order valence-corrected chi connectivity index (χ4v) is 9.79. The molecule has 58 heavy (non-hydrogen) atoms. The Bertz CT molecular complexity index is 3040. The van der Waals surface area contributed by atoms with E-state index < -0.39 is 5.41 Å². The van der Waals surface area contributed by atoms with Crippen LogP contribution in [0.4, 0.5) is 17.1 Å². The van der Waals surface area contributed by atoms with Crippen LogP contribution >= 0.6 is 0 Å². The third kappa shape index (κ3) is 5.17. The van der Waals surface area contributed by atoms with Gasteiger partial charge < -0.3 is 4.90 Å². The Hall–Kier alpha value is -7.48. The highest BCUT2D eigenvalue weighted by Crippen LogP contribution is 2.59. The molecule has 0 amide bonds. The van der Waals surface area contributed by atoms with Crippen LogP contribution in [0.5, 0.6) is 0 Å². The zero-order valence-corrected chi connectivity index (χ0v) is 32.0. The lowest BCUT2D eigenvalue weighted by molar-refractivity contribution is 0.768. The summed E-state index contributed by atoms with van der Waals surface area (Å²) < 4.78 is 0. The highest BCUT2D eigenvalue weighted by atomic mass is 15.1. The molecule has 1 nitrogen and oxygen atoms in total. The van der Waals surface area contributed by atoms with Crippen molar-refractivity contribution in [1.29, 1.82) is 0 Å². The minimum Gasteiger partial charge on any atom is -0.310 e. The second-order valence-corrected chi connectivity index (χ2v) is 15.2. The van der Waals surface area contributed by atoms with Crippen LogP contribution in [0.1, 0.15) is 22.3 Å². The molecule has 11 rings (SSSR count). The third-order valence-electron chi connectivity index (χ3n) is 12.1. The first-order chi connectivity index (χ1) is 28.8. The van der Waals surface area contributed by atoms with E-state index in [4.69, 9.17) is 0 Å². The van der Waals surface area contributed by atoms with Crippen molar-refractivity contribution in [2.24, 2.45) is 0 Å². The fraction of sp³-hybridized carbons (Fsp3) is 0.0175. The molecule has 1 aliphatic carbocycles. The van der Waals surface area contributed by atoms with Crippen LogP contribution in [0.2, 0.25) is 0 Å². The van der Waals surface area contributed by atoms with Crippen LogP contribution in [0.25, 0.3) is 54.9 Å². The summed E-state index contributed by atoms with van der Waals surface area (Å²) >= 11 is 0. The minimum absolute atomic E-state index is 0.500. The first-order valence-corrected chi connectivity index (χ1v) is 20.1. The molecule has 0 saturated carbocycles. The molecule has 0 N–H and O–H groups in total. The van der Waals surface area contributed by atoms with E-state index in [0.717, 1.165) is 17.1 Å². The van der Waals surface area contributed by atoms with Gasteiger partial charge in [-0.3, -0.25) is 0 Å². The maximum Gasteiger partial charge on any atom is 0.0714 e.